The fourth-order valence-electron chi connectivity index (χ4n) is 3.70. The van der Waals surface area contributed by atoms with Crippen molar-refractivity contribution in [2.45, 2.75) is 11.3 Å². The van der Waals surface area contributed by atoms with Crippen molar-refractivity contribution in [2.24, 2.45) is 0 Å². The van der Waals surface area contributed by atoms with Gasteiger partial charge in [-0.15, -0.1) is 10.2 Å². The predicted octanol–water partition coefficient (Wildman–Crippen LogP) is 2.15. The van der Waals surface area contributed by atoms with Gasteiger partial charge in [0.15, 0.2) is 16.7 Å². The molecule has 3 aromatic rings. The topological polar surface area (TPSA) is 90.7 Å². The summed E-state index contributed by atoms with van der Waals surface area (Å²) in [6.07, 6.45) is -0.227. The first-order valence-corrected chi connectivity index (χ1v) is 11.9. The Morgan fingerprint density at radius 1 is 1.03 bits per heavy atom. The van der Waals surface area contributed by atoms with Crippen LogP contribution in [0.5, 0.6) is 11.5 Å². The highest BCUT2D eigenvalue weighted by Crippen LogP contribution is 2.31. The zero-order valence-electron chi connectivity index (χ0n) is 18.1. The predicted molar refractivity (Wildman–Crippen MR) is 124 cm³/mol. The van der Waals surface area contributed by atoms with Gasteiger partial charge in [0, 0.05) is 13.1 Å². The maximum absolute atomic E-state index is 12.5. The van der Waals surface area contributed by atoms with E-state index in [9.17, 15) is 4.79 Å². The molecule has 0 radical (unpaired) electrons. The zero-order valence-corrected chi connectivity index (χ0v) is 18.9. The SMILES string of the molecule is O=C(CSc1nnc(N2CCOCC2)n1-c1ccccc1)NC[C@H]1COc2ccccc2O1. The summed E-state index contributed by atoms with van der Waals surface area (Å²) in [4.78, 5) is 14.7. The van der Waals surface area contributed by atoms with Crippen molar-refractivity contribution in [3.63, 3.8) is 0 Å². The molecule has 0 saturated carbocycles. The van der Waals surface area contributed by atoms with Gasteiger partial charge >= 0.3 is 0 Å². The molecule has 0 bridgehead atoms. The van der Waals surface area contributed by atoms with Crippen LogP contribution in [0.1, 0.15) is 0 Å². The molecule has 0 spiro atoms. The average Bonchev–Trinajstić information content (AvgIpc) is 3.31. The number of anilines is 1. The lowest BCUT2D eigenvalue weighted by molar-refractivity contribution is -0.119. The summed E-state index contributed by atoms with van der Waals surface area (Å²) in [5.74, 6) is 2.31. The lowest BCUT2D eigenvalue weighted by Gasteiger charge is -2.28. The average molecular weight is 468 g/mol. The Hall–Kier alpha value is -3.24. The summed E-state index contributed by atoms with van der Waals surface area (Å²) in [5, 5.41) is 12.4. The molecule has 5 rings (SSSR count). The molecule has 172 valence electrons. The second-order valence-electron chi connectivity index (χ2n) is 7.64. The Labute approximate surface area is 196 Å². The molecule has 1 aromatic heterocycles. The van der Waals surface area contributed by atoms with Gasteiger partial charge in [0.1, 0.15) is 12.7 Å². The monoisotopic (exact) mass is 467 g/mol. The number of hydrogen-bond donors (Lipinski definition) is 1. The number of morpholine rings is 1. The molecular weight excluding hydrogens is 442 g/mol. The number of nitrogens with one attached hydrogen (secondary N) is 1. The van der Waals surface area contributed by atoms with Crippen LogP contribution in [0, 0.1) is 0 Å². The van der Waals surface area contributed by atoms with E-state index in [0.717, 1.165) is 30.5 Å². The van der Waals surface area contributed by atoms with Crippen LogP contribution in [0.3, 0.4) is 0 Å². The van der Waals surface area contributed by atoms with E-state index >= 15 is 0 Å². The van der Waals surface area contributed by atoms with Gasteiger partial charge in [-0.3, -0.25) is 9.36 Å². The number of amides is 1. The second-order valence-corrected chi connectivity index (χ2v) is 8.59. The molecule has 0 unspecified atom stereocenters. The van der Waals surface area contributed by atoms with Gasteiger partial charge in [0.2, 0.25) is 11.9 Å². The van der Waals surface area contributed by atoms with E-state index in [1.165, 1.54) is 11.8 Å². The first kappa shape index (κ1) is 21.6. The van der Waals surface area contributed by atoms with Crippen molar-refractivity contribution in [3.05, 3.63) is 54.6 Å². The van der Waals surface area contributed by atoms with E-state index in [2.05, 4.69) is 20.4 Å². The largest absolute Gasteiger partial charge is 0.486 e. The summed E-state index contributed by atoms with van der Waals surface area (Å²) < 4.78 is 19.1. The van der Waals surface area contributed by atoms with E-state index in [1.54, 1.807) is 0 Å². The number of carbonyl (C=O) groups is 1. The molecule has 9 nitrogen and oxygen atoms in total. The van der Waals surface area contributed by atoms with E-state index in [1.807, 2.05) is 59.2 Å². The van der Waals surface area contributed by atoms with Gasteiger partial charge in [-0.1, -0.05) is 42.1 Å². The van der Waals surface area contributed by atoms with E-state index in [-0.39, 0.29) is 17.8 Å². The van der Waals surface area contributed by atoms with Crippen LogP contribution in [0.25, 0.3) is 5.69 Å². The number of thioether (sulfide) groups is 1. The highest BCUT2D eigenvalue weighted by molar-refractivity contribution is 7.99. The van der Waals surface area contributed by atoms with Crippen molar-refractivity contribution in [1.82, 2.24) is 20.1 Å². The number of aromatic nitrogens is 3. The summed E-state index contributed by atoms with van der Waals surface area (Å²) in [7, 11) is 0. The van der Waals surface area contributed by atoms with Crippen LogP contribution in [0.15, 0.2) is 59.8 Å². The van der Waals surface area contributed by atoms with Crippen LogP contribution in [0.4, 0.5) is 5.95 Å². The van der Waals surface area contributed by atoms with Gasteiger partial charge in [-0.25, -0.2) is 0 Å². The number of hydrogen-bond acceptors (Lipinski definition) is 8. The Morgan fingerprint density at radius 2 is 1.79 bits per heavy atom. The lowest BCUT2D eigenvalue weighted by atomic mass is 10.2. The summed E-state index contributed by atoms with van der Waals surface area (Å²) in [6.45, 7) is 3.59. The van der Waals surface area contributed by atoms with Gasteiger partial charge in [0.25, 0.3) is 0 Å². The number of fused-ring (bicyclic) bond motifs is 1. The molecule has 10 heteroatoms. The number of carbonyl (C=O) groups excluding carboxylic acids is 1. The fourth-order valence-corrected chi connectivity index (χ4v) is 4.48. The third kappa shape index (κ3) is 5.07. The lowest BCUT2D eigenvalue weighted by Crippen LogP contribution is -2.41. The standard InChI is InChI=1S/C23H25N5O4S/c29-21(24-14-18-15-31-19-8-4-5-9-20(19)32-18)16-33-23-26-25-22(27-10-12-30-13-11-27)28(23)17-6-2-1-3-7-17/h1-9,18H,10-16H2,(H,24,29)/t18-/m0/s1. The number of nitrogens with zero attached hydrogens (tertiary/aromatic N) is 4. The molecular formula is C23H25N5O4S. The molecule has 1 atom stereocenters. The Kier molecular flexibility index (Phi) is 6.63. The third-order valence-electron chi connectivity index (χ3n) is 5.35. The van der Waals surface area contributed by atoms with Crippen LogP contribution >= 0.6 is 11.8 Å². The van der Waals surface area contributed by atoms with Crippen LogP contribution in [0.2, 0.25) is 0 Å². The smallest absolute Gasteiger partial charge is 0.232 e. The fraction of sp³-hybridized carbons (Fsp3) is 0.348. The molecule has 2 aliphatic rings. The first-order valence-electron chi connectivity index (χ1n) is 10.9. The van der Waals surface area contributed by atoms with Gasteiger partial charge in [0.05, 0.1) is 31.2 Å². The van der Waals surface area contributed by atoms with Crippen molar-refractivity contribution < 1.29 is 19.0 Å². The van der Waals surface area contributed by atoms with Crippen molar-refractivity contribution in [3.8, 4) is 17.2 Å². The summed E-state index contributed by atoms with van der Waals surface area (Å²) >= 11 is 1.36. The minimum Gasteiger partial charge on any atom is -0.486 e. The Morgan fingerprint density at radius 3 is 2.61 bits per heavy atom. The highest BCUT2D eigenvalue weighted by Gasteiger charge is 2.23. The highest BCUT2D eigenvalue weighted by atomic mass is 32.2. The number of rotatable bonds is 7. The quantitative estimate of drug-likeness (QED) is 0.529. The van der Waals surface area contributed by atoms with E-state index in [0.29, 0.717) is 37.3 Å². The minimum atomic E-state index is -0.227. The summed E-state index contributed by atoms with van der Waals surface area (Å²) in [6, 6.07) is 17.5. The maximum atomic E-state index is 12.5. The van der Waals surface area contributed by atoms with Gasteiger partial charge in [-0.2, -0.15) is 0 Å². The van der Waals surface area contributed by atoms with Crippen molar-refractivity contribution in [1.29, 1.82) is 0 Å². The molecule has 1 amide bonds. The molecule has 1 N–H and O–H groups in total. The van der Waals surface area contributed by atoms with E-state index in [4.69, 9.17) is 14.2 Å². The van der Waals surface area contributed by atoms with Crippen molar-refractivity contribution in [2.75, 3.05) is 50.1 Å². The molecule has 1 fully saturated rings. The molecule has 33 heavy (non-hydrogen) atoms. The van der Waals surface area contributed by atoms with Crippen molar-refractivity contribution >= 4 is 23.6 Å². The molecule has 2 aliphatic heterocycles. The summed E-state index contributed by atoms with van der Waals surface area (Å²) in [5.41, 5.74) is 0.957. The van der Waals surface area contributed by atoms with Crippen LogP contribution in [-0.2, 0) is 9.53 Å². The molecule has 1 saturated heterocycles. The van der Waals surface area contributed by atoms with Crippen LogP contribution < -0.4 is 19.7 Å². The number of ether oxygens (including phenoxy) is 3. The minimum absolute atomic E-state index is 0.0991. The normalized spacial score (nSPS) is 17.6. The molecule has 2 aromatic carbocycles. The number of para-hydroxylation sites is 3. The zero-order chi connectivity index (χ0) is 22.5. The Bertz CT molecular complexity index is 1090. The second kappa shape index (κ2) is 10.1. The third-order valence-corrected chi connectivity index (χ3v) is 6.28. The molecule has 3 heterocycles. The van der Waals surface area contributed by atoms with Gasteiger partial charge in [-0.05, 0) is 24.3 Å². The first-order chi connectivity index (χ1) is 16.3. The molecule has 0 aliphatic carbocycles. The maximum Gasteiger partial charge on any atom is 0.232 e. The Balaban J connectivity index is 1.21. The van der Waals surface area contributed by atoms with Gasteiger partial charge < -0.3 is 24.4 Å². The van der Waals surface area contributed by atoms with E-state index < -0.39 is 0 Å². The van der Waals surface area contributed by atoms with Crippen LogP contribution in [-0.4, -0.2) is 72.0 Å². The number of benzene rings is 2.